The molecule has 0 aliphatic heterocycles. The lowest BCUT2D eigenvalue weighted by atomic mass is 10.1. The predicted octanol–water partition coefficient (Wildman–Crippen LogP) is 3.15. The second-order valence-corrected chi connectivity index (χ2v) is 4.20. The van der Waals surface area contributed by atoms with E-state index in [1.807, 2.05) is 0 Å². The molecule has 1 amide bonds. The molecule has 0 aliphatic carbocycles. The van der Waals surface area contributed by atoms with Crippen LogP contribution in [0.3, 0.4) is 0 Å². The van der Waals surface area contributed by atoms with Gasteiger partial charge in [-0.25, -0.2) is 8.78 Å². The zero-order chi connectivity index (χ0) is 14.5. The molecule has 0 saturated heterocycles. The second kappa shape index (κ2) is 6.14. The van der Waals surface area contributed by atoms with Crippen LogP contribution in [0.5, 0.6) is 5.75 Å². The Hall–Kier alpha value is -2.43. The largest absolute Gasteiger partial charge is 0.494 e. The number of carbonyl (C=O) groups is 1. The van der Waals surface area contributed by atoms with Gasteiger partial charge in [0.1, 0.15) is 5.82 Å². The average Bonchev–Trinajstić information content (AvgIpc) is 2.38. The first-order valence-corrected chi connectivity index (χ1v) is 5.96. The van der Waals surface area contributed by atoms with Crippen LogP contribution in [0, 0.1) is 11.6 Å². The molecule has 0 atom stereocenters. The van der Waals surface area contributed by atoms with Crippen LogP contribution in [0.4, 0.5) is 14.5 Å². The van der Waals surface area contributed by atoms with Crippen molar-refractivity contribution < 1.29 is 18.3 Å². The number of carbonyl (C=O) groups excluding carboxylic acids is 1. The summed E-state index contributed by atoms with van der Waals surface area (Å²) in [5.41, 5.74) is 0.876. The fourth-order valence-electron chi connectivity index (χ4n) is 1.78. The van der Waals surface area contributed by atoms with Crippen LogP contribution in [0.1, 0.15) is 5.56 Å². The van der Waals surface area contributed by atoms with Gasteiger partial charge in [-0.05, 0) is 35.9 Å². The molecular weight excluding hydrogens is 264 g/mol. The van der Waals surface area contributed by atoms with Gasteiger partial charge in [0.2, 0.25) is 5.91 Å². The Bertz CT molecular complexity index is 629. The van der Waals surface area contributed by atoms with Crippen LogP contribution in [0.25, 0.3) is 0 Å². The number of nitrogens with one attached hydrogen (secondary N) is 1. The zero-order valence-corrected chi connectivity index (χ0v) is 10.8. The Kier molecular flexibility index (Phi) is 4.30. The molecule has 0 aromatic heterocycles. The molecular formula is C15H13F2NO2. The van der Waals surface area contributed by atoms with Crippen LogP contribution < -0.4 is 10.1 Å². The minimum atomic E-state index is -0.524. The molecule has 0 spiro atoms. The highest BCUT2D eigenvalue weighted by Crippen LogP contribution is 2.18. The van der Waals surface area contributed by atoms with E-state index in [1.54, 1.807) is 12.1 Å². The molecule has 2 aromatic carbocycles. The van der Waals surface area contributed by atoms with Crippen molar-refractivity contribution in [2.24, 2.45) is 0 Å². The lowest BCUT2D eigenvalue weighted by molar-refractivity contribution is -0.115. The quantitative estimate of drug-likeness (QED) is 0.932. The van der Waals surface area contributed by atoms with Gasteiger partial charge >= 0.3 is 0 Å². The standard InChI is InChI=1S/C15H13F2NO2/c1-20-14-6-5-10(7-13(14)17)8-15(19)18-12-4-2-3-11(16)9-12/h2-7,9H,8H2,1H3,(H,18,19). The zero-order valence-electron chi connectivity index (χ0n) is 10.8. The Morgan fingerprint density at radius 1 is 1.20 bits per heavy atom. The lowest BCUT2D eigenvalue weighted by Crippen LogP contribution is -2.14. The van der Waals surface area contributed by atoms with E-state index in [0.717, 1.165) is 0 Å². The van der Waals surface area contributed by atoms with E-state index in [4.69, 9.17) is 4.74 Å². The molecule has 0 unspecified atom stereocenters. The molecule has 5 heteroatoms. The van der Waals surface area contributed by atoms with E-state index in [-0.39, 0.29) is 18.1 Å². The fraction of sp³-hybridized carbons (Fsp3) is 0.133. The van der Waals surface area contributed by atoms with Gasteiger partial charge in [-0.1, -0.05) is 12.1 Å². The molecule has 20 heavy (non-hydrogen) atoms. The molecule has 0 fully saturated rings. The molecule has 2 rings (SSSR count). The summed E-state index contributed by atoms with van der Waals surface area (Å²) in [7, 11) is 1.37. The summed E-state index contributed by atoms with van der Waals surface area (Å²) in [6.07, 6.45) is -0.00255. The third-order valence-electron chi connectivity index (χ3n) is 2.69. The smallest absolute Gasteiger partial charge is 0.228 e. The summed E-state index contributed by atoms with van der Waals surface area (Å²) < 4.78 is 31.2. The van der Waals surface area contributed by atoms with Crippen molar-refractivity contribution in [1.29, 1.82) is 0 Å². The van der Waals surface area contributed by atoms with Crippen molar-refractivity contribution in [1.82, 2.24) is 0 Å². The van der Waals surface area contributed by atoms with Crippen molar-refractivity contribution in [3.05, 3.63) is 59.7 Å². The Morgan fingerprint density at radius 3 is 2.65 bits per heavy atom. The number of benzene rings is 2. The SMILES string of the molecule is COc1ccc(CC(=O)Nc2cccc(F)c2)cc1F. The number of amides is 1. The van der Waals surface area contributed by atoms with Crippen molar-refractivity contribution in [3.8, 4) is 5.75 Å². The minimum Gasteiger partial charge on any atom is -0.494 e. The molecule has 0 saturated carbocycles. The number of rotatable bonds is 4. The molecule has 104 valence electrons. The van der Waals surface area contributed by atoms with Gasteiger partial charge in [-0.2, -0.15) is 0 Å². The van der Waals surface area contributed by atoms with Crippen LogP contribution in [-0.4, -0.2) is 13.0 Å². The van der Waals surface area contributed by atoms with Crippen LogP contribution in [0.15, 0.2) is 42.5 Å². The number of hydrogen-bond acceptors (Lipinski definition) is 2. The van der Waals surface area contributed by atoms with Crippen molar-refractivity contribution in [3.63, 3.8) is 0 Å². The topological polar surface area (TPSA) is 38.3 Å². The van der Waals surface area contributed by atoms with Gasteiger partial charge in [0.15, 0.2) is 11.6 Å². The molecule has 2 aromatic rings. The summed E-state index contributed by atoms with van der Waals surface area (Å²) in [4.78, 5) is 11.8. The van der Waals surface area contributed by atoms with E-state index in [2.05, 4.69) is 5.32 Å². The molecule has 0 bridgehead atoms. The number of hydrogen-bond donors (Lipinski definition) is 1. The predicted molar refractivity (Wildman–Crippen MR) is 71.7 cm³/mol. The first-order chi connectivity index (χ1) is 9.58. The van der Waals surface area contributed by atoms with Crippen LogP contribution in [-0.2, 0) is 11.2 Å². The molecule has 0 heterocycles. The van der Waals surface area contributed by atoms with Gasteiger partial charge < -0.3 is 10.1 Å². The Morgan fingerprint density at radius 2 is 2.00 bits per heavy atom. The molecule has 3 nitrogen and oxygen atoms in total. The summed E-state index contributed by atoms with van der Waals surface area (Å²) in [5.74, 6) is -1.18. The molecule has 0 radical (unpaired) electrons. The highest BCUT2D eigenvalue weighted by molar-refractivity contribution is 5.92. The maximum Gasteiger partial charge on any atom is 0.228 e. The third kappa shape index (κ3) is 3.54. The molecule has 0 aliphatic rings. The first kappa shape index (κ1) is 14.0. The van der Waals surface area contributed by atoms with Gasteiger partial charge in [0.25, 0.3) is 0 Å². The van der Waals surface area contributed by atoms with Gasteiger partial charge in [-0.15, -0.1) is 0 Å². The summed E-state index contributed by atoms with van der Waals surface area (Å²) in [6, 6.07) is 9.88. The van der Waals surface area contributed by atoms with Gasteiger partial charge in [-0.3, -0.25) is 4.79 Å². The maximum absolute atomic E-state index is 13.5. The summed E-state index contributed by atoms with van der Waals surface area (Å²) in [6.45, 7) is 0. The van der Waals surface area contributed by atoms with Crippen molar-refractivity contribution in [2.75, 3.05) is 12.4 Å². The molecule has 1 N–H and O–H groups in total. The van der Waals surface area contributed by atoms with Crippen molar-refractivity contribution in [2.45, 2.75) is 6.42 Å². The van der Waals surface area contributed by atoms with Crippen LogP contribution >= 0.6 is 0 Å². The highest BCUT2D eigenvalue weighted by Gasteiger charge is 2.08. The van der Waals surface area contributed by atoms with E-state index in [9.17, 15) is 13.6 Å². The number of halogens is 2. The maximum atomic E-state index is 13.5. The monoisotopic (exact) mass is 277 g/mol. The van der Waals surface area contributed by atoms with Crippen LogP contribution in [0.2, 0.25) is 0 Å². The fourth-order valence-corrected chi connectivity index (χ4v) is 1.78. The van der Waals surface area contributed by atoms with E-state index in [1.165, 1.54) is 37.4 Å². The normalized spacial score (nSPS) is 10.2. The second-order valence-electron chi connectivity index (χ2n) is 4.20. The number of anilines is 1. The number of methoxy groups -OCH3 is 1. The average molecular weight is 277 g/mol. The van der Waals surface area contributed by atoms with Gasteiger partial charge in [0.05, 0.1) is 13.5 Å². The Labute approximate surface area is 115 Å². The van der Waals surface area contributed by atoms with Gasteiger partial charge in [0, 0.05) is 5.69 Å². The lowest BCUT2D eigenvalue weighted by Gasteiger charge is -2.07. The van der Waals surface area contributed by atoms with E-state index < -0.39 is 11.6 Å². The summed E-state index contributed by atoms with van der Waals surface area (Å²) in [5, 5.41) is 2.55. The highest BCUT2D eigenvalue weighted by atomic mass is 19.1. The van der Waals surface area contributed by atoms with Crippen molar-refractivity contribution >= 4 is 11.6 Å². The first-order valence-electron chi connectivity index (χ1n) is 5.96. The number of ether oxygens (including phenoxy) is 1. The third-order valence-corrected chi connectivity index (χ3v) is 2.69. The van der Waals surface area contributed by atoms with E-state index >= 15 is 0 Å². The Balaban J connectivity index is 2.03. The minimum absolute atomic E-state index is 0.00255. The summed E-state index contributed by atoms with van der Waals surface area (Å²) >= 11 is 0. The van der Waals surface area contributed by atoms with E-state index in [0.29, 0.717) is 11.3 Å².